The second-order valence-corrected chi connectivity index (χ2v) is 5.89. The van der Waals surface area contributed by atoms with E-state index in [1.165, 1.54) is 18.9 Å². The molecule has 0 saturated carbocycles. The van der Waals surface area contributed by atoms with E-state index in [4.69, 9.17) is 0 Å². The van der Waals surface area contributed by atoms with Crippen molar-refractivity contribution in [1.82, 2.24) is 0 Å². The monoisotopic (exact) mass is 402 g/mol. The summed E-state index contributed by atoms with van der Waals surface area (Å²) in [5, 5.41) is 0. The Morgan fingerprint density at radius 3 is 1.48 bits per heavy atom. The highest BCUT2D eigenvalue weighted by molar-refractivity contribution is 4.92. The minimum atomic E-state index is -4.64. The van der Waals surface area contributed by atoms with Gasteiger partial charge >= 0.3 is 12.4 Å². The molecular formula is C19H28F6O2. The van der Waals surface area contributed by atoms with Crippen LogP contribution in [0.15, 0.2) is 36.5 Å². The minimum absolute atomic E-state index is 0.462. The minimum Gasteiger partial charge on any atom is -0.340 e. The standard InChI is InChI=1S/C19H28F6O2/c1-2-3-4-5-6-7-8-9-10-11-12-13-14-17(26-15-18(20,21)22)27-16-19(23,24)25/h5-6,9-10,13-14,17H,2-4,7-8,11-12,15-16H2,1H3. The Bertz CT molecular complexity index is 420. The zero-order valence-corrected chi connectivity index (χ0v) is 15.5. The normalized spacial score (nSPS) is 13.8. The molecule has 0 aliphatic carbocycles. The molecule has 0 amide bonds. The lowest BCUT2D eigenvalue weighted by molar-refractivity contribution is -0.246. The molecule has 0 fully saturated rings. The maximum absolute atomic E-state index is 12.1. The lowest BCUT2D eigenvalue weighted by atomic mass is 10.2. The van der Waals surface area contributed by atoms with E-state index in [1.807, 2.05) is 12.2 Å². The number of allylic oxidation sites excluding steroid dienone is 5. The van der Waals surface area contributed by atoms with Gasteiger partial charge in [0.15, 0.2) is 6.29 Å². The Hall–Kier alpha value is -1.28. The number of ether oxygens (including phenoxy) is 2. The fourth-order valence-corrected chi connectivity index (χ4v) is 1.90. The first-order chi connectivity index (χ1) is 12.6. The number of unbranched alkanes of at least 4 members (excludes halogenated alkanes) is 4. The second-order valence-electron chi connectivity index (χ2n) is 5.89. The van der Waals surface area contributed by atoms with Crippen molar-refractivity contribution in [3.05, 3.63) is 36.5 Å². The summed E-state index contributed by atoms with van der Waals surface area (Å²) in [5.74, 6) is 0. The zero-order valence-electron chi connectivity index (χ0n) is 15.5. The van der Waals surface area contributed by atoms with E-state index in [1.54, 1.807) is 0 Å². The van der Waals surface area contributed by atoms with Gasteiger partial charge in [-0.15, -0.1) is 0 Å². The van der Waals surface area contributed by atoms with Crippen molar-refractivity contribution in [2.45, 2.75) is 70.5 Å². The lowest BCUT2D eigenvalue weighted by Gasteiger charge is -2.17. The van der Waals surface area contributed by atoms with Crippen LogP contribution in [0.5, 0.6) is 0 Å². The van der Waals surface area contributed by atoms with E-state index in [0.717, 1.165) is 25.3 Å². The van der Waals surface area contributed by atoms with E-state index in [0.29, 0.717) is 12.8 Å². The molecule has 0 radical (unpaired) electrons. The molecule has 27 heavy (non-hydrogen) atoms. The number of halogens is 6. The molecule has 0 aliphatic rings. The van der Waals surface area contributed by atoms with Crippen LogP contribution in [0.1, 0.15) is 51.9 Å². The number of rotatable bonds is 14. The predicted octanol–water partition coefficient (Wildman–Crippen LogP) is 6.89. The highest BCUT2D eigenvalue weighted by Crippen LogP contribution is 2.19. The largest absolute Gasteiger partial charge is 0.411 e. The van der Waals surface area contributed by atoms with Crippen molar-refractivity contribution in [2.75, 3.05) is 13.2 Å². The summed E-state index contributed by atoms with van der Waals surface area (Å²) in [7, 11) is 0. The van der Waals surface area contributed by atoms with Crippen LogP contribution in [0.3, 0.4) is 0 Å². The third-order valence-corrected chi connectivity index (χ3v) is 3.17. The second kappa shape index (κ2) is 14.7. The average Bonchev–Trinajstić information content (AvgIpc) is 2.55. The Balaban J connectivity index is 4.09. The molecular weight excluding hydrogens is 374 g/mol. The summed E-state index contributed by atoms with van der Waals surface area (Å²) in [4.78, 5) is 0. The molecule has 0 aliphatic heterocycles. The van der Waals surface area contributed by atoms with Crippen molar-refractivity contribution in [2.24, 2.45) is 0 Å². The Morgan fingerprint density at radius 2 is 1.07 bits per heavy atom. The van der Waals surface area contributed by atoms with Gasteiger partial charge < -0.3 is 9.47 Å². The van der Waals surface area contributed by atoms with Gasteiger partial charge in [0.25, 0.3) is 0 Å². The molecule has 0 rings (SSSR count). The van der Waals surface area contributed by atoms with Crippen LogP contribution in [0.25, 0.3) is 0 Å². The predicted molar refractivity (Wildman–Crippen MR) is 93.2 cm³/mol. The van der Waals surface area contributed by atoms with E-state index in [2.05, 4.69) is 28.5 Å². The van der Waals surface area contributed by atoms with E-state index < -0.39 is 31.9 Å². The molecule has 0 unspecified atom stereocenters. The van der Waals surface area contributed by atoms with E-state index in [9.17, 15) is 26.3 Å². The molecule has 0 spiro atoms. The van der Waals surface area contributed by atoms with Crippen molar-refractivity contribution < 1.29 is 35.8 Å². The number of alkyl halides is 6. The highest BCUT2D eigenvalue weighted by atomic mass is 19.4. The Labute approximate surface area is 156 Å². The van der Waals surface area contributed by atoms with Crippen LogP contribution < -0.4 is 0 Å². The van der Waals surface area contributed by atoms with Gasteiger partial charge in [-0.2, -0.15) is 26.3 Å². The molecule has 0 N–H and O–H groups in total. The van der Waals surface area contributed by atoms with Crippen molar-refractivity contribution in [3.63, 3.8) is 0 Å². The summed E-state index contributed by atoms with van der Waals surface area (Å²) < 4.78 is 81.4. The molecule has 158 valence electrons. The summed E-state index contributed by atoms with van der Waals surface area (Å²) in [6.07, 6.45) is 6.10. The van der Waals surface area contributed by atoms with Gasteiger partial charge in [0.05, 0.1) is 0 Å². The maximum Gasteiger partial charge on any atom is 0.411 e. The van der Waals surface area contributed by atoms with Crippen LogP contribution in [0.2, 0.25) is 0 Å². The number of hydrogen-bond acceptors (Lipinski definition) is 2. The lowest BCUT2D eigenvalue weighted by Crippen LogP contribution is -2.28. The van der Waals surface area contributed by atoms with Gasteiger partial charge in [-0.1, -0.05) is 50.1 Å². The fraction of sp³-hybridized carbons (Fsp3) is 0.684. The van der Waals surface area contributed by atoms with E-state index in [-0.39, 0.29) is 0 Å². The highest BCUT2D eigenvalue weighted by Gasteiger charge is 2.32. The van der Waals surface area contributed by atoms with Crippen molar-refractivity contribution in [1.29, 1.82) is 0 Å². The van der Waals surface area contributed by atoms with Gasteiger partial charge in [0.2, 0.25) is 0 Å². The SMILES string of the molecule is CCCCC=CCCC=CCCC=CC(OCC(F)(F)F)OCC(F)(F)F. The van der Waals surface area contributed by atoms with Gasteiger partial charge in [0, 0.05) is 0 Å². The molecule has 0 bridgehead atoms. The van der Waals surface area contributed by atoms with E-state index >= 15 is 0 Å². The quantitative estimate of drug-likeness (QED) is 0.136. The molecule has 0 aromatic heterocycles. The van der Waals surface area contributed by atoms with Crippen LogP contribution in [-0.2, 0) is 9.47 Å². The summed E-state index contributed by atoms with van der Waals surface area (Å²) >= 11 is 0. The topological polar surface area (TPSA) is 18.5 Å². The van der Waals surface area contributed by atoms with Crippen LogP contribution in [-0.4, -0.2) is 31.9 Å². The first kappa shape index (κ1) is 25.7. The molecule has 0 aromatic carbocycles. The summed E-state index contributed by atoms with van der Waals surface area (Å²) in [6, 6.07) is 0. The average molecular weight is 402 g/mol. The molecule has 0 saturated heterocycles. The zero-order chi connectivity index (χ0) is 20.6. The van der Waals surface area contributed by atoms with Gasteiger partial charge in [-0.05, 0) is 38.2 Å². The van der Waals surface area contributed by atoms with Crippen molar-refractivity contribution >= 4 is 0 Å². The first-order valence-corrected chi connectivity index (χ1v) is 8.97. The maximum atomic E-state index is 12.1. The first-order valence-electron chi connectivity index (χ1n) is 8.97. The summed E-state index contributed by atoms with van der Waals surface area (Å²) in [5.41, 5.74) is 0. The molecule has 0 heterocycles. The molecule has 2 nitrogen and oxygen atoms in total. The van der Waals surface area contributed by atoms with Crippen molar-refractivity contribution in [3.8, 4) is 0 Å². The smallest absolute Gasteiger partial charge is 0.340 e. The Morgan fingerprint density at radius 1 is 0.667 bits per heavy atom. The number of hydrogen-bond donors (Lipinski definition) is 0. The molecule has 0 atom stereocenters. The summed E-state index contributed by atoms with van der Waals surface area (Å²) in [6.45, 7) is -1.21. The van der Waals surface area contributed by atoms with Crippen LogP contribution in [0, 0.1) is 0 Å². The van der Waals surface area contributed by atoms with Gasteiger partial charge in [0.1, 0.15) is 13.2 Å². The van der Waals surface area contributed by atoms with Crippen LogP contribution >= 0.6 is 0 Å². The van der Waals surface area contributed by atoms with Gasteiger partial charge in [-0.25, -0.2) is 0 Å². The van der Waals surface area contributed by atoms with Gasteiger partial charge in [-0.3, -0.25) is 0 Å². The van der Waals surface area contributed by atoms with Crippen LogP contribution in [0.4, 0.5) is 26.3 Å². The third-order valence-electron chi connectivity index (χ3n) is 3.17. The third kappa shape index (κ3) is 20.9. The molecule has 8 heteroatoms. The molecule has 0 aromatic rings. The Kier molecular flexibility index (Phi) is 14.0. The fourth-order valence-electron chi connectivity index (χ4n) is 1.90.